The Hall–Kier alpha value is -4.59. The van der Waals surface area contributed by atoms with Crippen LogP contribution in [0.15, 0.2) is 43.0 Å². The summed E-state index contributed by atoms with van der Waals surface area (Å²) in [6, 6.07) is 4.28. The first kappa shape index (κ1) is 23.2. The molecule has 13 nitrogen and oxygen atoms in total. The Labute approximate surface area is 203 Å². The average Bonchev–Trinajstić information content (AvgIpc) is 3.45. The molecule has 0 unspecified atom stereocenters. The van der Waals surface area contributed by atoms with Gasteiger partial charge in [0.25, 0.3) is 0 Å². The lowest BCUT2D eigenvalue weighted by Gasteiger charge is -2.33. The fourth-order valence-corrected chi connectivity index (χ4v) is 3.99. The fourth-order valence-electron chi connectivity index (χ4n) is 3.99. The molecule has 4 heterocycles. The van der Waals surface area contributed by atoms with Gasteiger partial charge in [-0.15, -0.1) is 0 Å². The van der Waals surface area contributed by atoms with Crippen molar-refractivity contribution in [2.75, 3.05) is 36.5 Å². The summed E-state index contributed by atoms with van der Waals surface area (Å²) in [7, 11) is 0. The van der Waals surface area contributed by atoms with Gasteiger partial charge < -0.3 is 20.4 Å². The summed E-state index contributed by atoms with van der Waals surface area (Å²) in [5.74, 6) is -0.630. The quantitative estimate of drug-likeness (QED) is 0.344. The van der Waals surface area contributed by atoms with Crippen LogP contribution in [-0.4, -0.2) is 82.9 Å². The molecular formula is C22H22FN9O4. The molecule has 1 aliphatic rings. The molecule has 0 saturated carbocycles. The van der Waals surface area contributed by atoms with Crippen LogP contribution in [0.2, 0.25) is 0 Å². The molecule has 0 bridgehead atoms. The smallest absolute Gasteiger partial charge is 0.407 e. The van der Waals surface area contributed by atoms with E-state index in [0.29, 0.717) is 40.5 Å². The molecule has 1 fully saturated rings. The van der Waals surface area contributed by atoms with Gasteiger partial charge in [-0.3, -0.25) is 14.4 Å². The second-order valence-corrected chi connectivity index (χ2v) is 8.18. The molecule has 3 N–H and O–H groups in total. The van der Waals surface area contributed by atoms with E-state index in [4.69, 9.17) is 10.2 Å². The number of rotatable bonds is 7. The fraction of sp³-hybridized carbons (Fsp3) is 0.273. The van der Waals surface area contributed by atoms with E-state index in [1.807, 2.05) is 0 Å². The van der Waals surface area contributed by atoms with Gasteiger partial charge in [0.05, 0.1) is 43.2 Å². The Morgan fingerprint density at radius 3 is 2.78 bits per heavy atom. The summed E-state index contributed by atoms with van der Waals surface area (Å²) in [6.45, 7) is 0.513. The molecule has 5 rings (SSSR count). The van der Waals surface area contributed by atoms with Crippen molar-refractivity contribution in [2.24, 2.45) is 0 Å². The van der Waals surface area contributed by atoms with Crippen LogP contribution in [0, 0.1) is 5.82 Å². The van der Waals surface area contributed by atoms with Crippen LogP contribution in [0.3, 0.4) is 0 Å². The molecule has 1 aliphatic heterocycles. The van der Waals surface area contributed by atoms with Gasteiger partial charge in [0.15, 0.2) is 5.65 Å². The molecule has 2 amide bonds. The summed E-state index contributed by atoms with van der Waals surface area (Å²) < 4.78 is 17.7. The largest absolute Gasteiger partial charge is 0.465 e. The number of carbonyl (C=O) groups is 2. The van der Waals surface area contributed by atoms with Crippen LogP contribution in [0.4, 0.5) is 26.5 Å². The van der Waals surface area contributed by atoms with E-state index in [-0.39, 0.29) is 32.8 Å². The molecule has 0 atom stereocenters. The predicted octanol–water partition coefficient (Wildman–Crippen LogP) is 1.27. The SMILES string of the molecule is O=C(O)N1CCN(c2cc(F)cc(Cn3ncc4cnc(Nc5cnn(CCO)c5)nc43)c2)C(=O)C1. The zero-order valence-corrected chi connectivity index (χ0v) is 19.0. The van der Waals surface area contributed by atoms with Crippen molar-refractivity contribution < 1.29 is 24.2 Å². The number of halogens is 1. The summed E-state index contributed by atoms with van der Waals surface area (Å²) in [5.41, 5.74) is 2.08. The number of fused-ring (bicyclic) bond motifs is 1. The van der Waals surface area contributed by atoms with E-state index in [0.717, 1.165) is 4.90 Å². The predicted molar refractivity (Wildman–Crippen MR) is 125 cm³/mol. The van der Waals surface area contributed by atoms with Crippen molar-refractivity contribution >= 4 is 40.4 Å². The van der Waals surface area contributed by atoms with Gasteiger partial charge in [0, 0.05) is 31.2 Å². The van der Waals surface area contributed by atoms with Gasteiger partial charge >= 0.3 is 6.09 Å². The number of amides is 2. The standard InChI is InChI=1S/C22H22FN9O4/c23-16-5-14(6-18(7-16)31-2-1-29(22(35)36)13-19(31)34)11-32-20-15(9-26-32)8-24-21(28-20)27-17-10-25-30(12-17)3-4-33/h5-10,12,33H,1-4,11,13H2,(H,35,36)(H,24,27,28). The van der Waals surface area contributed by atoms with E-state index >= 15 is 0 Å². The minimum absolute atomic E-state index is 0.0305. The lowest BCUT2D eigenvalue weighted by atomic mass is 10.1. The van der Waals surface area contributed by atoms with Gasteiger partial charge in [-0.25, -0.2) is 18.9 Å². The molecule has 36 heavy (non-hydrogen) atoms. The van der Waals surface area contributed by atoms with Crippen LogP contribution in [-0.2, 0) is 17.9 Å². The lowest BCUT2D eigenvalue weighted by Crippen LogP contribution is -2.52. The number of nitrogens with one attached hydrogen (secondary N) is 1. The summed E-state index contributed by atoms with van der Waals surface area (Å²) in [5, 5.41) is 30.4. The number of aliphatic hydroxyl groups excluding tert-OH is 1. The topological polar surface area (TPSA) is 155 Å². The van der Waals surface area contributed by atoms with E-state index in [2.05, 4.69) is 25.5 Å². The van der Waals surface area contributed by atoms with Crippen LogP contribution in [0.1, 0.15) is 5.56 Å². The number of carbonyl (C=O) groups excluding carboxylic acids is 1. The maximum Gasteiger partial charge on any atom is 0.407 e. The number of aromatic nitrogens is 6. The molecular weight excluding hydrogens is 473 g/mol. The molecule has 14 heteroatoms. The third-order valence-corrected chi connectivity index (χ3v) is 5.67. The highest BCUT2D eigenvalue weighted by atomic mass is 19.1. The molecule has 1 aromatic carbocycles. The second kappa shape index (κ2) is 9.58. The highest BCUT2D eigenvalue weighted by Crippen LogP contribution is 2.23. The van der Waals surface area contributed by atoms with Gasteiger partial charge in [0.1, 0.15) is 12.4 Å². The number of hydrogen-bond donors (Lipinski definition) is 3. The maximum atomic E-state index is 14.5. The van der Waals surface area contributed by atoms with E-state index < -0.39 is 17.8 Å². The van der Waals surface area contributed by atoms with Gasteiger partial charge in [0.2, 0.25) is 11.9 Å². The number of carboxylic acid groups (broad SMARTS) is 1. The third kappa shape index (κ3) is 4.79. The Bertz CT molecular complexity index is 1440. The minimum atomic E-state index is -1.16. The molecule has 0 radical (unpaired) electrons. The summed E-state index contributed by atoms with van der Waals surface area (Å²) in [4.78, 5) is 34.9. The van der Waals surface area contributed by atoms with Crippen molar-refractivity contribution in [2.45, 2.75) is 13.1 Å². The van der Waals surface area contributed by atoms with Crippen molar-refractivity contribution in [1.82, 2.24) is 34.4 Å². The highest BCUT2D eigenvalue weighted by molar-refractivity contribution is 5.97. The zero-order chi connectivity index (χ0) is 25.2. The summed E-state index contributed by atoms with van der Waals surface area (Å²) in [6.07, 6.45) is 5.36. The monoisotopic (exact) mass is 495 g/mol. The number of hydrogen-bond acceptors (Lipinski definition) is 8. The minimum Gasteiger partial charge on any atom is -0.465 e. The maximum absolute atomic E-state index is 14.5. The van der Waals surface area contributed by atoms with Crippen molar-refractivity contribution in [3.63, 3.8) is 0 Å². The van der Waals surface area contributed by atoms with Crippen molar-refractivity contribution in [1.29, 1.82) is 0 Å². The van der Waals surface area contributed by atoms with Crippen molar-refractivity contribution in [3.8, 4) is 0 Å². The lowest BCUT2D eigenvalue weighted by molar-refractivity contribution is -0.120. The van der Waals surface area contributed by atoms with Gasteiger partial charge in [-0.1, -0.05) is 0 Å². The van der Waals surface area contributed by atoms with Gasteiger partial charge in [-0.05, 0) is 23.8 Å². The highest BCUT2D eigenvalue weighted by Gasteiger charge is 2.28. The van der Waals surface area contributed by atoms with Gasteiger partial charge in [-0.2, -0.15) is 15.2 Å². The van der Waals surface area contributed by atoms with Crippen LogP contribution in [0.25, 0.3) is 11.0 Å². The Kier molecular flexibility index (Phi) is 6.16. The number of anilines is 3. The number of aliphatic hydroxyl groups is 1. The molecule has 0 aliphatic carbocycles. The third-order valence-electron chi connectivity index (χ3n) is 5.67. The average molecular weight is 495 g/mol. The Morgan fingerprint density at radius 2 is 2.00 bits per heavy atom. The Morgan fingerprint density at radius 1 is 1.14 bits per heavy atom. The normalized spacial score (nSPS) is 14.0. The summed E-state index contributed by atoms with van der Waals surface area (Å²) >= 11 is 0. The number of benzene rings is 1. The molecule has 4 aromatic rings. The van der Waals surface area contributed by atoms with E-state index in [1.165, 1.54) is 17.0 Å². The first-order chi connectivity index (χ1) is 17.4. The van der Waals surface area contributed by atoms with E-state index in [1.54, 1.807) is 40.2 Å². The molecule has 0 spiro atoms. The van der Waals surface area contributed by atoms with Crippen LogP contribution in [0.5, 0.6) is 0 Å². The molecule has 186 valence electrons. The first-order valence-corrected chi connectivity index (χ1v) is 11.1. The zero-order valence-electron chi connectivity index (χ0n) is 19.0. The van der Waals surface area contributed by atoms with Crippen LogP contribution >= 0.6 is 0 Å². The second-order valence-electron chi connectivity index (χ2n) is 8.18. The first-order valence-electron chi connectivity index (χ1n) is 11.1. The van der Waals surface area contributed by atoms with E-state index in [9.17, 15) is 14.0 Å². The van der Waals surface area contributed by atoms with Crippen molar-refractivity contribution in [3.05, 3.63) is 54.4 Å². The number of piperazine rings is 1. The number of nitrogens with zero attached hydrogens (tertiary/aromatic N) is 8. The Balaban J connectivity index is 1.37. The molecule has 1 saturated heterocycles. The van der Waals surface area contributed by atoms with Crippen LogP contribution < -0.4 is 10.2 Å². The molecule has 3 aromatic heterocycles.